The Morgan fingerprint density at radius 2 is 2.13 bits per heavy atom. The average molecular weight is 339 g/mol. The number of rotatable bonds is 2. The van der Waals surface area contributed by atoms with Crippen LogP contribution in [0.2, 0.25) is 0 Å². The Labute approximate surface area is 133 Å². The van der Waals surface area contributed by atoms with E-state index in [1.165, 1.54) is 6.20 Å². The lowest BCUT2D eigenvalue weighted by Crippen LogP contribution is -2.31. The van der Waals surface area contributed by atoms with Crippen LogP contribution in [0.3, 0.4) is 0 Å². The van der Waals surface area contributed by atoms with Gasteiger partial charge in [-0.1, -0.05) is 0 Å². The number of halogens is 3. The molecule has 0 saturated heterocycles. The monoisotopic (exact) mass is 339 g/mol. The van der Waals surface area contributed by atoms with Gasteiger partial charge < -0.3 is 0 Å². The summed E-state index contributed by atoms with van der Waals surface area (Å²) in [6.07, 6.45) is 1.22. The van der Waals surface area contributed by atoms with Crippen molar-refractivity contribution < 1.29 is 13.2 Å². The maximum atomic E-state index is 12.6. The van der Waals surface area contributed by atoms with Crippen molar-refractivity contribution in [3.05, 3.63) is 46.7 Å². The molecule has 0 fully saturated rings. The van der Waals surface area contributed by atoms with Crippen molar-refractivity contribution in [1.82, 2.24) is 24.3 Å². The first-order chi connectivity index (χ1) is 11.0. The molecule has 0 saturated carbocycles. The van der Waals surface area contributed by atoms with Gasteiger partial charge in [0.15, 0.2) is 4.96 Å². The fraction of sp³-hybridized carbons (Fsp3) is 0.357. The highest BCUT2D eigenvalue weighted by molar-refractivity contribution is 7.15. The van der Waals surface area contributed by atoms with Gasteiger partial charge in [0.1, 0.15) is 0 Å². The summed E-state index contributed by atoms with van der Waals surface area (Å²) >= 11 is 1.57. The Morgan fingerprint density at radius 1 is 1.26 bits per heavy atom. The molecule has 120 valence electrons. The molecule has 0 amide bonds. The Bertz CT molecular complexity index is 825. The second-order valence-corrected chi connectivity index (χ2v) is 6.32. The van der Waals surface area contributed by atoms with Crippen molar-refractivity contribution in [2.45, 2.75) is 25.7 Å². The van der Waals surface area contributed by atoms with Crippen LogP contribution in [-0.2, 0) is 25.7 Å². The Kier molecular flexibility index (Phi) is 3.34. The maximum Gasteiger partial charge on any atom is 0.451 e. The SMILES string of the molecule is FC(F)(F)c1ncc2c(n1)CCN(Cc1cn3ccsc3n1)C2. The van der Waals surface area contributed by atoms with Gasteiger partial charge >= 0.3 is 6.18 Å². The number of aromatic nitrogens is 4. The Balaban J connectivity index is 1.51. The summed E-state index contributed by atoms with van der Waals surface area (Å²) in [4.78, 5) is 14.7. The van der Waals surface area contributed by atoms with E-state index in [9.17, 15) is 13.2 Å². The minimum atomic E-state index is -4.49. The topological polar surface area (TPSA) is 46.3 Å². The van der Waals surface area contributed by atoms with E-state index in [-0.39, 0.29) is 0 Å². The molecule has 3 aromatic heterocycles. The van der Waals surface area contributed by atoms with Gasteiger partial charge in [-0.2, -0.15) is 13.2 Å². The molecule has 5 nitrogen and oxygen atoms in total. The molecule has 0 N–H and O–H groups in total. The van der Waals surface area contributed by atoms with E-state index in [1.807, 2.05) is 22.2 Å². The molecule has 0 spiro atoms. The van der Waals surface area contributed by atoms with Crippen molar-refractivity contribution in [2.24, 2.45) is 0 Å². The zero-order valence-corrected chi connectivity index (χ0v) is 12.7. The molecule has 9 heteroatoms. The molecular weight excluding hydrogens is 327 g/mol. The predicted octanol–water partition coefficient (Wildman–Crippen LogP) is 2.76. The Hall–Kier alpha value is -2.00. The lowest BCUT2D eigenvalue weighted by Gasteiger charge is -2.27. The summed E-state index contributed by atoms with van der Waals surface area (Å²) in [5, 5.41) is 1.97. The van der Waals surface area contributed by atoms with E-state index in [0.29, 0.717) is 31.7 Å². The minimum Gasteiger partial charge on any atom is -0.297 e. The molecule has 0 aliphatic carbocycles. The van der Waals surface area contributed by atoms with Gasteiger partial charge in [-0.3, -0.25) is 9.30 Å². The van der Waals surface area contributed by atoms with Gasteiger partial charge in [0, 0.05) is 55.6 Å². The van der Waals surface area contributed by atoms with Gasteiger partial charge in [-0.05, 0) is 0 Å². The van der Waals surface area contributed by atoms with Crippen molar-refractivity contribution in [2.75, 3.05) is 6.54 Å². The molecule has 0 atom stereocenters. The molecule has 0 aromatic carbocycles. The van der Waals surface area contributed by atoms with Crippen LogP contribution in [0.4, 0.5) is 13.2 Å². The van der Waals surface area contributed by atoms with Crippen LogP contribution >= 0.6 is 11.3 Å². The first-order valence-corrected chi connectivity index (χ1v) is 7.92. The van der Waals surface area contributed by atoms with Crippen molar-refractivity contribution in [3.63, 3.8) is 0 Å². The van der Waals surface area contributed by atoms with Crippen molar-refractivity contribution in [3.8, 4) is 0 Å². The second-order valence-electron chi connectivity index (χ2n) is 5.45. The standard InChI is InChI=1S/C14H12F3N5S/c15-14(16,17)12-18-5-9-6-21(2-1-11(9)20-12)7-10-8-22-3-4-23-13(22)19-10/h3-5,8H,1-2,6-7H2. The number of fused-ring (bicyclic) bond motifs is 2. The maximum absolute atomic E-state index is 12.6. The lowest BCUT2D eigenvalue weighted by molar-refractivity contribution is -0.145. The second kappa shape index (κ2) is 5.27. The molecule has 0 unspecified atom stereocenters. The highest BCUT2D eigenvalue weighted by atomic mass is 32.1. The fourth-order valence-electron chi connectivity index (χ4n) is 2.73. The highest BCUT2D eigenvalue weighted by Gasteiger charge is 2.35. The quantitative estimate of drug-likeness (QED) is 0.720. The third-order valence-electron chi connectivity index (χ3n) is 3.80. The molecule has 1 aliphatic rings. The van der Waals surface area contributed by atoms with Crippen LogP contribution in [0.1, 0.15) is 22.8 Å². The van der Waals surface area contributed by atoms with Gasteiger partial charge in [0.05, 0.1) is 11.4 Å². The fourth-order valence-corrected chi connectivity index (χ4v) is 3.45. The highest BCUT2D eigenvalue weighted by Crippen LogP contribution is 2.28. The van der Waals surface area contributed by atoms with E-state index in [4.69, 9.17) is 0 Å². The normalized spacial score (nSPS) is 16.0. The smallest absolute Gasteiger partial charge is 0.297 e. The summed E-state index contributed by atoms with van der Waals surface area (Å²) in [7, 11) is 0. The van der Waals surface area contributed by atoms with Gasteiger partial charge in [0.25, 0.3) is 0 Å². The van der Waals surface area contributed by atoms with E-state index >= 15 is 0 Å². The zero-order valence-electron chi connectivity index (χ0n) is 11.9. The lowest BCUT2D eigenvalue weighted by atomic mass is 10.1. The summed E-state index contributed by atoms with van der Waals surface area (Å²) in [5.74, 6) is -1.06. The third kappa shape index (κ3) is 2.81. The Morgan fingerprint density at radius 3 is 2.91 bits per heavy atom. The minimum absolute atomic E-state index is 0.489. The van der Waals surface area contributed by atoms with E-state index in [1.54, 1.807) is 11.3 Å². The molecule has 0 radical (unpaired) electrons. The van der Waals surface area contributed by atoms with Crippen LogP contribution in [0.5, 0.6) is 0 Å². The zero-order chi connectivity index (χ0) is 16.0. The molecule has 4 rings (SSSR count). The van der Waals surface area contributed by atoms with E-state index in [0.717, 1.165) is 16.2 Å². The number of alkyl halides is 3. The van der Waals surface area contributed by atoms with Gasteiger partial charge in [-0.15, -0.1) is 11.3 Å². The molecule has 0 bridgehead atoms. The summed E-state index contributed by atoms with van der Waals surface area (Å²) in [6.45, 7) is 1.86. The number of hydrogen-bond donors (Lipinski definition) is 0. The molecule has 4 heterocycles. The summed E-state index contributed by atoms with van der Waals surface area (Å²) in [6, 6.07) is 0. The predicted molar refractivity (Wildman–Crippen MR) is 77.9 cm³/mol. The first kappa shape index (κ1) is 14.6. The van der Waals surface area contributed by atoms with Gasteiger partial charge in [0.2, 0.25) is 5.82 Å². The van der Waals surface area contributed by atoms with Crippen LogP contribution in [0, 0.1) is 0 Å². The van der Waals surface area contributed by atoms with Crippen LogP contribution in [0.25, 0.3) is 4.96 Å². The summed E-state index contributed by atoms with van der Waals surface area (Å²) in [5.41, 5.74) is 2.20. The van der Waals surface area contributed by atoms with Crippen LogP contribution in [-0.4, -0.2) is 30.8 Å². The first-order valence-electron chi connectivity index (χ1n) is 7.04. The van der Waals surface area contributed by atoms with Crippen LogP contribution in [0.15, 0.2) is 24.0 Å². The number of hydrogen-bond acceptors (Lipinski definition) is 5. The molecule has 1 aliphatic heterocycles. The molecule has 3 aromatic rings. The van der Waals surface area contributed by atoms with Gasteiger partial charge in [-0.25, -0.2) is 15.0 Å². The molecule has 23 heavy (non-hydrogen) atoms. The van der Waals surface area contributed by atoms with E-state index < -0.39 is 12.0 Å². The number of nitrogens with zero attached hydrogens (tertiary/aromatic N) is 5. The summed E-state index contributed by atoms with van der Waals surface area (Å²) < 4.78 is 39.9. The number of imidazole rings is 1. The molecular formula is C14H12F3N5S. The third-order valence-corrected chi connectivity index (χ3v) is 4.57. The number of thiazole rings is 1. The van der Waals surface area contributed by atoms with Crippen LogP contribution < -0.4 is 0 Å². The van der Waals surface area contributed by atoms with Crippen molar-refractivity contribution >= 4 is 16.3 Å². The van der Waals surface area contributed by atoms with E-state index in [2.05, 4.69) is 19.9 Å². The largest absolute Gasteiger partial charge is 0.451 e. The average Bonchev–Trinajstić information content (AvgIpc) is 3.07. The van der Waals surface area contributed by atoms with Crippen molar-refractivity contribution in [1.29, 1.82) is 0 Å².